The smallest absolute Gasteiger partial charge is 1.00 e. The van der Waals surface area contributed by atoms with Crippen molar-refractivity contribution in [1.82, 2.24) is 0 Å². The predicted octanol–water partition coefficient (Wildman–Crippen LogP) is -1.98. The van der Waals surface area contributed by atoms with Crippen molar-refractivity contribution in [2.24, 2.45) is 0 Å². The van der Waals surface area contributed by atoms with Gasteiger partial charge < -0.3 is 4.49 Å². The Morgan fingerprint density at radius 3 is 2.17 bits per heavy atom. The van der Waals surface area contributed by atoms with Gasteiger partial charge in [-0.25, -0.2) is 0 Å². The van der Waals surface area contributed by atoms with Crippen molar-refractivity contribution in [2.45, 2.75) is 6.92 Å². The fraction of sp³-hybridized carbons (Fsp3) is 0.500. The largest absolute Gasteiger partial charge is 1.00 e. The van der Waals surface area contributed by atoms with E-state index in [9.17, 15) is 4.79 Å². The molecule has 0 N–H and O–H groups in total. The molecule has 0 heterocycles. The summed E-state index contributed by atoms with van der Waals surface area (Å²) in [5.74, 6) is -0.259. The third-order valence-corrected chi connectivity index (χ3v) is 0.729. The Morgan fingerprint density at radius 2 is 2.17 bits per heavy atom. The molecule has 0 aliphatic carbocycles. The summed E-state index contributed by atoms with van der Waals surface area (Å²) in [6.45, 7) is 1.35. The van der Waals surface area contributed by atoms with Crippen LogP contribution in [0.15, 0.2) is 0 Å². The Hall–Kier alpha value is 0.797. The molecule has 6 heavy (non-hydrogen) atoms. The Labute approximate surface area is 64.0 Å². The molecule has 0 aromatic rings. The third kappa shape index (κ3) is 8.84. The number of hydrogen-bond donors (Lipinski definition) is 0. The summed E-state index contributed by atoms with van der Waals surface area (Å²) in [7, 11) is 0. The van der Waals surface area contributed by atoms with Crippen LogP contribution in [-0.4, -0.2) is 5.97 Å². The number of carbonyl (C=O) groups excluding carboxylic acids is 1. The molecule has 0 aromatic heterocycles. The van der Waals surface area contributed by atoms with E-state index in [-0.39, 0.29) is 26.3 Å². The Kier molecular flexibility index (Phi) is 9.59. The molecule has 0 aromatic carbocycles. The van der Waals surface area contributed by atoms with Gasteiger partial charge in [-0.3, -0.25) is 4.79 Å². The number of hydrogen-bond acceptors (Lipinski definition) is 2. The van der Waals surface area contributed by atoms with Crippen LogP contribution in [0.4, 0.5) is 0 Å². The van der Waals surface area contributed by atoms with Crippen LogP contribution in [0.2, 0.25) is 0 Å². The summed E-state index contributed by atoms with van der Waals surface area (Å²) in [5, 5.41) is 0. The van der Waals surface area contributed by atoms with Crippen molar-refractivity contribution in [1.29, 1.82) is 0 Å². The zero-order valence-electron chi connectivity index (χ0n) is 4.69. The van der Waals surface area contributed by atoms with E-state index in [2.05, 4.69) is 3.07 Å². The molecule has 2 nitrogen and oxygen atoms in total. The number of halogens is 1. The molecule has 0 fully saturated rings. The van der Waals surface area contributed by atoms with Gasteiger partial charge in [0.1, 0.15) is 0 Å². The molecule has 4 heteroatoms. The Bertz CT molecular complexity index is 51.0. The van der Waals surface area contributed by atoms with Crippen LogP contribution in [-0.2, 0) is 7.86 Å². The summed E-state index contributed by atoms with van der Waals surface area (Å²) >= 11 is 1.53. The first-order valence-corrected chi connectivity index (χ1v) is 1.94. The predicted molar refractivity (Wildman–Crippen MR) is 26.9 cm³/mol. The molecule has 0 saturated heterocycles. The maximum absolute atomic E-state index is 9.58. The van der Waals surface area contributed by atoms with Gasteiger partial charge >= 0.3 is 24.8 Å². The molecule has 0 rings (SSSR count). The first-order chi connectivity index (χ1) is 2.27. The molecule has 0 bridgehead atoms. The van der Waals surface area contributed by atoms with Crippen LogP contribution in [0.1, 0.15) is 8.35 Å². The van der Waals surface area contributed by atoms with Crippen molar-refractivity contribution in [3.8, 4) is 0 Å². The van der Waals surface area contributed by atoms with Gasteiger partial charge in [-0.1, -0.05) is 0 Å². The van der Waals surface area contributed by atoms with Gasteiger partial charge in [-0.15, -0.1) is 0 Å². The van der Waals surface area contributed by atoms with Gasteiger partial charge in [-0.2, -0.15) is 0 Å². The zero-order chi connectivity index (χ0) is 4.28. The van der Waals surface area contributed by atoms with Crippen LogP contribution >= 0.6 is 23.0 Å². The Balaban J connectivity index is -0.0000000800. The summed E-state index contributed by atoms with van der Waals surface area (Å²) in [5.41, 5.74) is 0. The normalized spacial score (nSPS) is 5.67. The average molecular weight is 194 g/mol. The van der Waals surface area contributed by atoms with Crippen LogP contribution in [0, 0.1) is 0 Å². The summed E-state index contributed by atoms with van der Waals surface area (Å²) < 4.78 is 4.08. The molecule has 0 unspecified atom stereocenters. The van der Waals surface area contributed by atoms with Gasteiger partial charge in [-0.05, 0) is 0 Å². The molecule has 0 aliphatic heterocycles. The maximum Gasteiger partial charge on any atom is 1.00 e. The summed E-state index contributed by atoms with van der Waals surface area (Å²) in [6, 6.07) is 0. The van der Waals surface area contributed by atoms with E-state index in [0.717, 1.165) is 0 Å². The standard InChI is InChI=1S/C2H3IO2.Li.H/c1-2(4)5-3;;/h1H3;;/q;+1;-1. The molecule has 0 radical (unpaired) electrons. The van der Waals surface area contributed by atoms with Crippen molar-refractivity contribution < 1.29 is 28.1 Å². The van der Waals surface area contributed by atoms with Crippen LogP contribution in [0.25, 0.3) is 0 Å². The second-order valence-electron chi connectivity index (χ2n) is 0.569. The fourth-order valence-electron chi connectivity index (χ4n) is 0. The van der Waals surface area contributed by atoms with Crippen LogP contribution in [0.5, 0.6) is 0 Å². The van der Waals surface area contributed by atoms with Crippen molar-refractivity contribution >= 4 is 29.0 Å². The first-order valence-electron chi connectivity index (χ1n) is 1.06. The quantitative estimate of drug-likeness (QED) is 0.329. The monoisotopic (exact) mass is 194 g/mol. The molecular formula is C2H4ILiO2. The van der Waals surface area contributed by atoms with E-state index in [1.54, 1.807) is 0 Å². The topological polar surface area (TPSA) is 26.3 Å². The van der Waals surface area contributed by atoms with Crippen molar-refractivity contribution in [2.75, 3.05) is 0 Å². The van der Waals surface area contributed by atoms with E-state index in [1.807, 2.05) is 0 Å². The van der Waals surface area contributed by atoms with Crippen LogP contribution < -0.4 is 18.9 Å². The van der Waals surface area contributed by atoms with Crippen molar-refractivity contribution in [3.63, 3.8) is 0 Å². The summed E-state index contributed by atoms with van der Waals surface area (Å²) in [4.78, 5) is 9.58. The molecular weight excluding hydrogens is 190 g/mol. The SMILES string of the molecule is CC(=O)OI.[H-].[Li+]. The minimum Gasteiger partial charge on any atom is -1.00 e. The molecule has 0 atom stereocenters. The summed E-state index contributed by atoms with van der Waals surface area (Å²) in [6.07, 6.45) is 0. The van der Waals surface area contributed by atoms with E-state index in [0.29, 0.717) is 0 Å². The molecule has 0 saturated carbocycles. The molecule has 0 spiro atoms. The number of rotatable bonds is 0. The van der Waals surface area contributed by atoms with E-state index >= 15 is 0 Å². The van der Waals surface area contributed by atoms with E-state index < -0.39 is 0 Å². The fourth-order valence-corrected chi connectivity index (χ4v) is 0. The third-order valence-electron chi connectivity index (χ3n) is 0.109. The van der Waals surface area contributed by atoms with Gasteiger partial charge in [0, 0.05) is 6.92 Å². The minimum absolute atomic E-state index is 0. The van der Waals surface area contributed by atoms with Gasteiger partial charge in [0.2, 0.25) is 0 Å². The van der Waals surface area contributed by atoms with Crippen molar-refractivity contribution in [3.05, 3.63) is 0 Å². The van der Waals surface area contributed by atoms with Crippen LogP contribution in [0.3, 0.4) is 0 Å². The molecule has 32 valence electrons. The Morgan fingerprint density at radius 1 is 2.00 bits per heavy atom. The van der Waals surface area contributed by atoms with Gasteiger partial charge in [0.05, 0.1) is 0 Å². The van der Waals surface area contributed by atoms with E-state index in [4.69, 9.17) is 0 Å². The zero-order valence-corrected chi connectivity index (χ0v) is 5.85. The van der Waals surface area contributed by atoms with E-state index in [1.165, 1.54) is 29.9 Å². The molecule has 0 amide bonds. The average Bonchev–Trinajstić information content (AvgIpc) is 1.38. The van der Waals surface area contributed by atoms with Gasteiger partial charge in [0.25, 0.3) is 0 Å². The first kappa shape index (κ1) is 9.93. The van der Waals surface area contributed by atoms with Gasteiger partial charge in [0.15, 0.2) is 23.0 Å². The minimum atomic E-state index is -0.259. The maximum atomic E-state index is 9.58. The number of carbonyl (C=O) groups is 1. The second-order valence-corrected chi connectivity index (χ2v) is 1.01. The molecule has 0 aliphatic rings. The second kappa shape index (κ2) is 5.80.